The van der Waals surface area contributed by atoms with Gasteiger partial charge in [-0.1, -0.05) is 6.07 Å². The van der Waals surface area contributed by atoms with Crippen molar-refractivity contribution in [1.29, 1.82) is 0 Å². The van der Waals surface area contributed by atoms with E-state index < -0.39 is 30.3 Å². The maximum Gasteiger partial charge on any atom is 0.491 e. The second kappa shape index (κ2) is 11.7. The van der Waals surface area contributed by atoms with Crippen molar-refractivity contribution < 1.29 is 37.0 Å². The maximum atomic E-state index is 12.7. The summed E-state index contributed by atoms with van der Waals surface area (Å²) in [5.41, 5.74) is 1.23. The molecule has 1 amide bonds. The molecule has 0 saturated heterocycles. The molecule has 36 heavy (non-hydrogen) atoms. The van der Waals surface area contributed by atoms with Gasteiger partial charge in [-0.15, -0.1) is 22.7 Å². The van der Waals surface area contributed by atoms with Gasteiger partial charge in [0.15, 0.2) is 6.10 Å². The molecule has 1 unspecified atom stereocenters. The summed E-state index contributed by atoms with van der Waals surface area (Å²) in [7, 11) is 0. The van der Waals surface area contributed by atoms with Crippen molar-refractivity contribution in [3.05, 3.63) is 57.7 Å². The highest BCUT2D eigenvalue weighted by molar-refractivity contribution is 7.21. The Labute approximate surface area is 212 Å². The minimum absolute atomic E-state index is 0.0463. The zero-order valence-corrected chi connectivity index (χ0v) is 21.1. The zero-order valence-electron chi connectivity index (χ0n) is 19.4. The molecule has 0 aliphatic rings. The molecule has 0 fully saturated rings. The summed E-state index contributed by atoms with van der Waals surface area (Å²) in [4.78, 5) is 46.2. The minimum atomic E-state index is -5.31. The monoisotopic (exact) mass is 541 g/mol. The van der Waals surface area contributed by atoms with Gasteiger partial charge in [-0.2, -0.15) is 13.2 Å². The number of nitrogens with zero attached hydrogens (tertiary/aromatic N) is 2. The number of pyridine rings is 1. The summed E-state index contributed by atoms with van der Waals surface area (Å²) in [6.07, 6.45) is -6.02. The first-order chi connectivity index (χ1) is 16.9. The maximum absolute atomic E-state index is 12.7. The van der Waals surface area contributed by atoms with Crippen LogP contribution in [-0.2, 0) is 32.0 Å². The number of ether oxygens (including phenoxy) is 2. The van der Waals surface area contributed by atoms with Crippen LogP contribution in [-0.4, -0.2) is 46.2 Å². The number of aromatic nitrogens is 2. The third kappa shape index (κ3) is 7.42. The van der Waals surface area contributed by atoms with Crippen LogP contribution in [0, 0.1) is 6.92 Å². The fourth-order valence-corrected chi connectivity index (χ4v) is 4.77. The fraction of sp³-hybridized carbons (Fsp3) is 0.348. The third-order valence-corrected chi connectivity index (χ3v) is 6.61. The summed E-state index contributed by atoms with van der Waals surface area (Å²) in [5.74, 6) is -4.44. The normalized spacial score (nSPS) is 12.4. The average molecular weight is 542 g/mol. The van der Waals surface area contributed by atoms with Gasteiger partial charge < -0.3 is 14.8 Å². The average Bonchev–Trinajstić information content (AvgIpc) is 3.46. The molecular formula is C23H22F3N3O5S2. The lowest BCUT2D eigenvalue weighted by Crippen LogP contribution is -2.36. The van der Waals surface area contributed by atoms with Gasteiger partial charge in [0.2, 0.25) is 0 Å². The summed E-state index contributed by atoms with van der Waals surface area (Å²) < 4.78 is 46.7. The molecule has 8 nitrogen and oxygen atoms in total. The van der Waals surface area contributed by atoms with Crippen molar-refractivity contribution in [3.8, 4) is 9.88 Å². The van der Waals surface area contributed by atoms with E-state index in [1.807, 2.05) is 17.5 Å². The molecule has 0 aliphatic carbocycles. The Balaban J connectivity index is 1.66. The molecule has 3 aromatic heterocycles. The molecule has 0 aliphatic heterocycles. The van der Waals surface area contributed by atoms with Crippen LogP contribution in [0.1, 0.15) is 40.5 Å². The molecule has 192 valence electrons. The highest BCUT2D eigenvalue weighted by Crippen LogP contribution is 2.30. The predicted molar refractivity (Wildman–Crippen MR) is 126 cm³/mol. The van der Waals surface area contributed by atoms with E-state index in [2.05, 4.69) is 20.0 Å². The Morgan fingerprint density at radius 2 is 1.94 bits per heavy atom. The van der Waals surface area contributed by atoms with Crippen LogP contribution in [0.2, 0.25) is 0 Å². The summed E-state index contributed by atoms with van der Waals surface area (Å²) >= 11 is 2.94. The highest BCUT2D eigenvalue weighted by atomic mass is 32.1. The Hall–Kier alpha value is -3.16. The number of thiazole rings is 1. The number of alkyl halides is 3. The lowest BCUT2D eigenvalue weighted by molar-refractivity contribution is -0.205. The Morgan fingerprint density at radius 1 is 1.19 bits per heavy atom. The number of halogens is 3. The lowest BCUT2D eigenvalue weighted by Gasteiger charge is -2.19. The van der Waals surface area contributed by atoms with Gasteiger partial charge in [0.05, 0.1) is 23.2 Å². The van der Waals surface area contributed by atoms with Crippen LogP contribution in [0.15, 0.2) is 35.8 Å². The number of hydrogen-bond donors (Lipinski definition) is 1. The number of esters is 2. The molecule has 0 bridgehead atoms. The molecule has 3 aromatic rings. The first-order valence-electron chi connectivity index (χ1n) is 10.7. The first-order valence-corrected chi connectivity index (χ1v) is 12.3. The van der Waals surface area contributed by atoms with Crippen molar-refractivity contribution in [3.63, 3.8) is 0 Å². The van der Waals surface area contributed by atoms with Crippen LogP contribution in [0.25, 0.3) is 9.88 Å². The van der Waals surface area contributed by atoms with Gasteiger partial charge in [0.25, 0.3) is 5.91 Å². The van der Waals surface area contributed by atoms with Crippen LogP contribution in [0.3, 0.4) is 0 Å². The van der Waals surface area contributed by atoms with Gasteiger partial charge >= 0.3 is 18.1 Å². The number of nitrogens with one attached hydrogen (secondary N) is 1. The van der Waals surface area contributed by atoms with E-state index in [9.17, 15) is 27.6 Å². The van der Waals surface area contributed by atoms with Crippen LogP contribution < -0.4 is 5.32 Å². The van der Waals surface area contributed by atoms with Crippen molar-refractivity contribution in [1.82, 2.24) is 15.3 Å². The van der Waals surface area contributed by atoms with E-state index in [1.165, 1.54) is 28.9 Å². The Morgan fingerprint density at radius 3 is 2.58 bits per heavy atom. The molecule has 0 radical (unpaired) electrons. The van der Waals surface area contributed by atoms with E-state index in [0.29, 0.717) is 17.0 Å². The summed E-state index contributed by atoms with van der Waals surface area (Å²) in [5, 5.41) is 5.42. The van der Waals surface area contributed by atoms with E-state index in [0.717, 1.165) is 14.8 Å². The number of carbonyl (C=O) groups is 3. The second-order valence-electron chi connectivity index (χ2n) is 7.82. The van der Waals surface area contributed by atoms with Gasteiger partial charge in [-0.25, -0.2) is 14.6 Å². The molecule has 1 atom stereocenters. The van der Waals surface area contributed by atoms with E-state index in [1.54, 1.807) is 32.9 Å². The van der Waals surface area contributed by atoms with Gasteiger partial charge in [0, 0.05) is 17.5 Å². The molecule has 0 spiro atoms. The Kier molecular flexibility index (Phi) is 8.93. The number of carbonyl (C=O) groups excluding carboxylic acids is 3. The lowest BCUT2D eigenvalue weighted by atomic mass is 10.1. The van der Waals surface area contributed by atoms with Crippen molar-refractivity contribution in [2.24, 2.45) is 0 Å². The number of rotatable bonds is 9. The van der Waals surface area contributed by atoms with Gasteiger partial charge in [-0.3, -0.25) is 9.78 Å². The summed E-state index contributed by atoms with van der Waals surface area (Å²) in [6.45, 7) is 5.03. The third-order valence-electron chi connectivity index (χ3n) is 4.60. The SMILES string of the molecule is Cc1sc(-c2cccs2)nc1C(=O)NCc1cc(CC(OC(C)C)C(=O)OC(=O)C(F)(F)F)ccn1. The van der Waals surface area contributed by atoms with E-state index in [-0.39, 0.29) is 18.9 Å². The zero-order chi connectivity index (χ0) is 26.5. The number of hydrogen-bond acceptors (Lipinski definition) is 9. The van der Waals surface area contributed by atoms with Crippen molar-refractivity contribution in [2.45, 2.75) is 52.1 Å². The largest absolute Gasteiger partial charge is 0.491 e. The van der Waals surface area contributed by atoms with Gasteiger partial charge in [-0.05, 0) is 49.9 Å². The standard InChI is InChI=1S/C23H22F3N3O5S2/c1-12(2)33-16(21(31)34-22(32)23(24,25)26)10-14-6-7-27-15(9-14)11-28-19(30)18-13(3)36-20(29-18)17-5-4-8-35-17/h4-9,12,16H,10-11H2,1-3H3,(H,28,30). The number of thiophene rings is 1. The molecule has 0 aromatic carbocycles. The molecular weight excluding hydrogens is 519 g/mol. The van der Waals surface area contributed by atoms with Crippen LogP contribution in [0.4, 0.5) is 13.2 Å². The quantitative estimate of drug-likeness (QED) is 0.315. The van der Waals surface area contributed by atoms with Gasteiger partial charge in [0.1, 0.15) is 10.7 Å². The van der Waals surface area contributed by atoms with Crippen molar-refractivity contribution >= 4 is 40.5 Å². The molecule has 3 heterocycles. The highest BCUT2D eigenvalue weighted by Gasteiger charge is 2.43. The van der Waals surface area contributed by atoms with E-state index >= 15 is 0 Å². The van der Waals surface area contributed by atoms with Crippen molar-refractivity contribution in [2.75, 3.05) is 0 Å². The molecule has 0 saturated carbocycles. The number of aryl methyl sites for hydroxylation is 1. The smallest absolute Gasteiger partial charge is 0.384 e. The minimum Gasteiger partial charge on any atom is -0.384 e. The second-order valence-corrected chi connectivity index (χ2v) is 9.97. The first kappa shape index (κ1) is 27.4. The molecule has 13 heteroatoms. The fourth-order valence-electron chi connectivity index (χ4n) is 3.06. The predicted octanol–water partition coefficient (Wildman–Crippen LogP) is 4.47. The van der Waals surface area contributed by atoms with Crippen LogP contribution in [0.5, 0.6) is 0 Å². The molecule has 3 rings (SSSR count). The van der Waals surface area contributed by atoms with E-state index in [4.69, 9.17) is 4.74 Å². The molecule has 1 N–H and O–H groups in total. The van der Waals surface area contributed by atoms with Crippen LogP contribution >= 0.6 is 22.7 Å². The summed E-state index contributed by atoms with van der Waals surface area (Å²) in [6, 6.07) is 6.93. The topological polar surface area (TPSA) is 107 Å². The number of amides is 1. The Bertz CT molecular complexity index is 1230.